The van der Waals surface area contributed by atoms with Crippen LogP contribution in [-0.2, 0) is 27.4 Å². The SMILES string of the molecule is O=C(C=Cc1cc(Cl)ccc1-n1cnnn1)N[C@@H](Cc1ccccc1)C(=O)Nc1ccc(NC(=O)OCc2ccccn2)cc1. The van der Waals surface area contributed by atoms with Gasteiger partial charge in [-0.05, 0) is 76.7 Å². The van der Waals surface area contributed by atoms with Crippen LogP contribution in [0, 0.1) is 0 Å². The number of tetrazole rings is 1. The molecule has 12 nitrogen and oxygen atoms in total. The molecule has 3 aromatic carbocycles. The van der Waals surface area contributed by atoms with Gasteiger partial charge in [-0.3, -0.25) is 19.9 Å². The van der Waals surface area contributed by atoms with E-state index < -0.39 is 23.9 Å². The van der Waals surface area contributed by atoms with E-state index in [4.69, 9.17) is 16.3 Å². The molecule has 3 N–H and O–H groups in total. The zero-order chi connectivity index (χ0) is 31.4. The van der Waals surface area contributed by atoms with Crippen LogP contribution in [0.15, 0.2) is 110 Å². The zero-order valence-corrected chi connectivity index (χ0v) is 24.5. The first-order valence-electron chi connectivity index (χ1n) is 13.7. The highest BCUT2D eigenvalue weighted by Crippen LogP contribution is 2.20. The maximum absolute atomic E-state index is 13.4. The van der Waals surface area contributed by atoms with E-state index in [1.807, 2.05) is 30.3 Å². The molecule has 0 spiro atoms. The van der Waals surface area contributed by atoms with Crippen molar-refractivity contribution in [3.05, 3.63) is 131 Å². The van der Waals surface area contributed by atoms with Crippen molar-refractivity contribution < 1.29 is 19.1 Å². The maximum atomic E-state index is 13.4. The average molecular weight is 623 g/mol. The Morgan fingerprint density at radius 3 is 2.38 bits per heavy atom. The molecule has 0 unspecified atom stereocenters. The van der Waals surface area contributed by atoms with E-state index in [1.54, 1.807) is 72.9 Å². The summed E-state index contributed by atoms with van der Waals surface area (Å²) in [6, 6.07) is 25.4. The van der Waals surface area contributed by atoms with Gasteiger partial charge < -0.3 is 15.4 Å². The van der Waals surface area contributed by atoms with Gasteiger partial charge in [0.15, 0.2) is 0 Å². The predicted molar refractivity (Wildman–Crippen MR) is 168 cm³/mol. The number of anilines is 2. The summed E-state index contributed by atoms with van der Waals surface area (Å²) in [5.41, 5.74) is 3.65. The van der Waals surface area contributed by atoms with E-state index in [1.165, 1.54) is 17.1 Å². The van der Waals surface area contributed by atoms with Crippen molar-refractivity contribution in [3.8, 4) is 5.69 Å². The highest BCUT2D eigenvalue weighted by molar-refractivity contribution is 6.30. The monoisotopic (exact) mass is 622 g/mol. The Hall–Kier alpha value is -5.88. The van der Waals surface area contributed by atoms with E-state index in [9.17, 15) is 14.4 Å². The molecule has 226 valence electrons. The molecule has 0 fully saturated rings. The highest BCUT2D eigenvalue weighted by atomic mass is 35.5. The molecule has 0 aliphatic carbocycles. The molecule has 3 amide bonds. The molecule has 5 rings (SSSR count). The third kappa shape index (κ3) is 9.05. The third-order valence-corrected chi connectivity index (χ3v) is 6.63. The number of carbonyl (C=O) groups excluding carboxylic acids is 3. The number of halogens is 1. The summed E-state index contributed by atoms with van der Waals surface area (Å²) in [7, 11) is 0. The second-order valence-electron chi connectivity index (χ2n) is 9.63. The van der Waals surface area contributed by atoms with Gasteiger partial charge in [0.2, 0.25) is 11.8 Å². The minimum atomic E-state index is -0.901. The molecule has 45 heavy (non-hydrogen) atoms. The summed E-state index contributed by atoms with van der Waals surface area (Å²) in [6.07, 6.45) is 5.55. The van der Waals surface area contributed by atoms with Crippen molar-refractivity contribution in [1.82, 2.24) is 30.5 Å². The summed E-state index contributed by atoms with van der Waals surface area (Å²) in [5.74, 6) is -0.911. The van der Waals surface area contributed by atoms with Gasteiger partial charge in [-0.2, -0.15) is 4.68 Å². The van der Waals surface area contributed by atoms with Crippen LogP contribution in [0.4, 0.5) is 16.2 Å². The highest BCUT2D eigenvalue weighted by Gasteiger charge is 2.21. The Bertz CT molecular complexity index is 1770. The normalized spacial score (nSPS) is 11.5. The quantitative estimate of drug-likeness (QED) is 0.177. The van der Waals surface area contributed by atoms with Crippen molar-refractivity contribution in [3.63, 3.8) is 0 Å². The number of aromatic nitrogens is 5. The Balaban J connectivity index is 1.23. The number of rotatable bonds is 11. The molecule has 0 aliphatic rings. The Kier molecular flexibility index (Phi) is 10.2. The van der Waals surface area contributed by atoms with Gasteiger partial charge in [0.05, 0.1) is 11.4 Å². The number of ether oxygens (including phenoxy) is 1. The van der Waals surface area contributed by atoms with Gasteiger partial charge in [0.1, 0.15) is 19.0 Å². The summed E-state index contributed by atoms with van der Waals surface area (Å²) in [4.78, 5) is 42.7. The third-order valence-electron chi connectivity index (χ3n) is 6.39. The topological polar surface area (TPSA) is 153 Å². The van der Waals surface area contributed by atoms with Crippen LogP contribution in [-0.4, -0.2) is 49.1 Å². The molecule has 2 aromatic heterocycles. The number of pyridine rings is 1. The fourth-order valence-corrected chi connectivity index (χ4v) is 4.41. The van der Waals surface area contributed by atoms with Crippen molar-refractivity contribution in [2.75, 3.05) is 10.6 Å². The van der Waals surface area contributed by atoms with Gasteiger partial charge in [0, 0.05) is 40.7 Å². The van der Waals surface area contributed by atoms with Crippen molar-refractivity contribution in [2.24, 2.45) is 0 Å². The fraction of sp³-hybridized carbons (Fsp3) is 0.0938. The van der Waals surface area contributed by atoms with E-state index in [0.29, 0.717) is 33.3 Å². The minimum Gasteiger partial charge on any atom is -0.443 e. The standard InChI is InChI=1S/C32H27ClN8O4/c33-24-10-15-29(41-21-35-39-40-41)23(19-24)9-16-30(42)38-28(18-22-6-2-1-3-7-22)31(43)36-25-11-13-26(14-12-25)37-32(44)45-20-27-8-4-5-17-34-27/h1-17,19,21,28H,18,20H2,(H,36,43)(H,37,44)(H,38,42)/t28-/m0/s1. The molecule has 1 atom stereocenters. The second kappa shape index (κ2) is 15.0. The lowest BCUT2D eigenvalue weighted by Crippen LogP contribution is -2.44. The molecule has 0 saturated carbocycles. The lowest BCUT2D eigenvalue weighted by atomic mass is 10.0. The lowest BCUT2D eigenvalue weighted by Gasteiger charge is -2.18. The Morgan fingerprint density at radius 2 is 1.67 bits per heavy atom. The van der Waals surface area contributed by atoms with Crippen LogP contribution in [0.25, 0.3) is 11.8 Å². The number of nitrogens with one attached hydrogen (secondary N) is 3. The fourth-order valence-electron chi connectivity index (χ4n) is 4.23. The summed E-state index contributed by atoms with van der Waals surface area (Å²) in [6.45, 7) is 0.0318. The summed E-state index contributed by atoms with van der Waals surface area (Å²) >= 11 is 6.18. The first-order chi connectivity index (χ1) is 21.9. The summed E-state index contributed by atoms with van der Waals surface area (Å²) in [5, 5.41) is 19.9. The van der Waals surface area contributed by atoms with Gasteiger partial charge in [-0.25, -0.2) is 4.79 Å². The Labute approximate surface area is 263 Å². The molecule has 13 heteroatoms. The maximum Gasteiger partial charge on any atom is 0.412 e. The minimum absolute atomic E-state index is 0.0318. The first-order valence-corrected chi connectivity index (χ1v) is 14.1. The van der Waals surface area contributed by atoms with Crippen molar-refractivity contribution in [1.29, 1.82) is 0 Å². The van der Waals surface area contributed by atoms with Crippen LogP contribution in [0.2, 0.25) is 5.02 Å². The largest absolute Gasteiger partial charge is 0.443 e. The first kappa shape index (κ1) is 30.6. The zero-order valence-electron chi connectivity index (χ0n) is 23.7. The van der Waals surface area contributed by atoms with E-state index in [2.05, 4.69) is 36.5 Å². The van der Waals surface area contributed by atoms with E-state index in [0.717, 1.165) is 5.56 Å². The summed E-state index contributed by atoms with van der Waals surface area (Å²) < 4.78 is 6.64. The van der Waals surface area contributed by atoms with Crippen LogP contribution in [0.3, 0.4) is 0 Å². The predicted octanol–water partition coefficient (Wildman–Crippen LogP) is 4.84. The molecular formula is C32H27ClN8O4. The number of hydrogen-bond donors (Lipinski definition) is 3. The van der Waals surface area contributed by atoms with Crippen molar-refractivity contribution in [2.45, 2.75) is 19.1 Å². The van der Waals surface area contributed by atoms with Gasteiger partial charge >= 0.3 is 6.09 Å². The number of nitrogens with zero attached hydrogens (tertiary/aromatic N) is 5. The van der Waals surface area contributed by atoms with Crippen LogP contribution in [0.5, 0.6) is 0 Å². The van der Waals surface area contributed by atoms with E-state index >= 15 is 0 Å². The van der Waals surface area contributed by atoms with E-state index in [-0.39, 0.29) is 13.0 Å². The molecular weight excluding hydrogens is 596 g/mol. The number of hydrogen-bond acceptors (Lipinski definition) is 8. The van der Waals surface area contributed by atoms with Crippen molar-refractivity contribution >= 4 is 47.0 Å². The van der Waals surface area contributed by atoms with Crippen LogP contribution >= 0.6 is 11.6 Å². The number of amides is 3. The van der Waals surface area contributed by atoms with Gasteiger partial charge in [-0.1, -0.05) is 48.0 Å². The smallest absolute Gasteiger partial charge is 0.412 e. The number of carbonyl (C=O) groups is 3. The van der Waals surface area contributed by atoms with Gasteiger partial charge in [0.25, 0.3) is 0 Å². The molecule has 0 bridgehead atoms. The molecule has 2 heterocycles. The molecule has 0 saturated heterocycles. The molecule has 5 aromatic rings. The molecule has 0 aliphatic heterocycles. The van der Waals surface area contributed by atoms with Gasteiger partial charge in [-0.15, -0.1) is 5.10 Å². The molecule has 0 radical (unpaired) electrons. The number of benzene rings is 3. The Morgan fingerprint density at radius 1 is 0.911 bits per heavy atom. The van der Waals surface area contributed by atoms with Crippen LogP contribution < -0.4 is 16.0 Å². The lowest BCUT2D eigenvalue weighted by molar-refractivity contribution is -0.123. The van der Waals surface area contributed by atoms with Crippen LogP contribution in [0.1, 0.15) is 16.8 Å². The second-order valence-corrected chi connectivity index (χ2v) is 10.1. The average Bonchev–Trinajstić information content (AvgIpc) is 3.59.